The molecule has 0 radical (unpaired) electrons. The molecule has 1 N–H and O–H groups in total. The monoisotopic (exact) mass is 250 g/mol. The second-order valence-corrected chi connectivity index (χ2v) is 4.42. The largest absolute Gasteiger partial charge is 0.496 e. The lowest BCUT2D eigenvalue weighted by molar-refractivity contribution is 0.173. The zero-order valence-electron chi connectivity index (χ0n) is 9.75. The number of rotatable bonds is 4. The third-order valence-corrected chi connectivity index (χ3v) is 3.06. The lowest BCUT2D eigenvalue weighted by Gasteiger charge is -2.12. The fraction of sp³-hybridized carbons (Fsp3) is 0.333. The number of nitrogens with zero attached hydrogens (tertiary/aromatic N) is 2. The number of hydrogen-bond donors (Lipinski definition) is 1. The highest BCUT2D eigenvalue weighted by atomic mass is 32.1. The Morgan fingerprint density at radius 1 is 1.47 bits per heavy atom. The number of aryl methyl sites for hydroxylation is 1. The van der Waals surface area contributed by atoms with Crippen molar-refractivity contribution < 1.29 is 9.84 Å². The number of ether oxygens (including phenoxy) is 1. The maximum absolute atomic E-state index is 10.0. The van der Waals surface area contributed by atoms with Gasteiger partial charge in [-0.25, -0.2) is 0 Å². The average molecular weight is 250 g/mol. The minimum absolute atomic E-state index is 0.482. The SMILES string of the molecule is COc1ccc(C)cc1CC(O)c1cnsn1. The fourth-order valence-corrected chi connectivity index (χ4v) is 2.16. The number of benzene rings is 1. The summed E-state index contributed by atoms with van der Waals surface area (Å²) in [7, 11) is 1.63. The number of methoxy groups -OCH3 is 1. The molecule has 0 aliphatic rings. The van der Waals surface area contributed by atoms with Crippen molar-refractivity contribution in [2.75, 3.05) is 7.11 Å². The van der Waals surface area contributed by atoms with E-state index in [1.165, 1.54) is 0 Å². The van der Waals surface area contributed by atoms with Gasteiger partial charge in [0.15, 0.2) is 0 Å². The molecule has 1 aromatic heterocycles. The van der Waals surface area contributed by atoms with Crippen LogP contribution in [0.2, 0.25) is 0 Å². The van der Waals surface area contributed by atoms with Crippen LogP contribution in [-0.2, 0) is 6.42 Å². The third-order valence-electron chi connectivity index (χ3n) is 2.57. The lowest BCUT2D eigenvalue weighted by Crippen LogP contribution is -2.04. The fourth-order valence-electron chi connectivity index (χ4n) is 1.70. The molecule has 0 fully saturated rings. The standard InChI is InChI=1S/C12H14N2O2S/c1-8-3-4-12(16-2)9(5-8)6-11(15)10-7-13-17-14-10/h3-5,7,11,15H,6H2,1-2H3. The van der Waals surface area contributed by atoms with Crippen LogP contribution < -0.4 is 4.74 Å². The van der Waals surface area contributed by atoms with E-state index in [0.29, 0.717) is 12.1 Å². The van der Waals surface area contributed by atoms with Crippen molar-refractivity contribution in [3.05, 3.63) is 41.2 Å². The van der Waals surface area contributed by atoms with Crippen LogP contribution >= 0.6 is 11.7 Å². The molecule has 1 heterocycles. The molecule has 0 aliphatic heterocycles. The van der Waals surface area contributed by atoms with Crippen molar-refractivity contribution in [1.29, 1.82) is 0 Å². The molecule has 90 valence electrons. The van der Waals surface area contributed by atoms with Crippen molar-refractivity contribution in [3.8, 4) is 5.75 Å². The van der Waals surface area contributed by atoms with Gasteiger partial charge in [-0.15, -0.1) is 0 Å². The molecule has 1 unspecified atom stereocenters. The second-order valence-electron chi connectivity index (χ2n) is 3.87. The van der Waals surface area contributed by atoms with E-state index in [0.717, 1.165) is 28.6 Å². The Kier molecular flexibility index (Phi) is 3.71. The number of aliphatic hydroxyl groups is 1. The van der Waals surface area contributed by atoms with E-state index in [2.05, 4.69) is 8.75 Å². The molecular weight excluding hydrogens is 236 g/mol. The maximum Gasteiger partial charge on any atom is 0.122 e. The van der Waals surface area contributed by atoms with E-state index in [9.17, 15) is 5.11 Å². The van der Waals surface area contributed by atoms with Gasteiger partial charge >= 0.3 is 0 Å². The van der Waals surface area contributed by atoms with E-state index in [1.54, 1.807) is 13.3 Å². The van der Waals surface area contributed by atoms with Crippen LogP contribution in [-0.4, -0.2) is 21.0 Å². The highest BCUT2D eigenvalue weighted by molar-refractivity contribution is 6.99. The maximum atomic E-state index is 10.0. The van der Waals surface area contributed by atoms with Gasteiger partial charge in [0.05, 0.1) is 25.0 Å². The summed E-state index contributed by atoms with van der Waals surface area (Å²) < 4.78 is 13.2. The molecule has 17 heavy (non-hydrogen) atoms. The summed E-state index contributed by atoms with van der Waals surface area (Å²) in [5, 5.41) is 10.0. The molecule has 4 nitrogen and oxygen atoms in total. The van der Waals surface area contributed by atoms with Gasteiger partial charge in [0.1, 0.15) is 17.5 Å². The Balaban J connectivity index is 2.20. The van der Waals surface area contributed by atoms with Crippen molar-refractivity contribution in [2.24, 2.45) is 0 Å². The minimum atomic E-state index is -0.635. The molecular formula is C12H14N2O2S. The van der Waals surface area contributed by atoms with Gasteiger partial charge < -0.3 is 9.84 Å². The summed E-state index contributed by atoms with van der Waals surface area (Å²) in [4.78, 5) is 0. The molecule has 0 aliphatic carbocycles. The quantitative estimate of drug-likeness (QED) is 0.903. The zero-order valence-corrected chi connectivity index (χ0v) is 10.6. The Morgan fingerprint density at radius 2 is 2.29 bits per heavy atom. The Hall–Kier alpha value is -1.46. The number of aliphatic hydroxyl groups excluding tert-OH is 1. The van der Waals surface area contributed by atoms with Crippen LogP contribution in [0.3, 0.4) is 0 Å². The molecule has 2 rings (SSSR count). The third kappa shape index (κ3) is 2.81. The Labute approximate surface area is 104 Å². The van der Waals surface area contributed by atoms with Crippen molar-refractivity contribution in [3.63, 3.8) is 0 Å². The van der Waals surface area contributed by atoms with Crippen LogP contribution in [0.1, 0.15) is 22.9 Å². The molecule has 1 aromatic carbocycles. The molecule has 2 aromatic rings. The smallest absolute Gasteiger partial charge is 0.122 e. The van der Waals surface area contributed by atoms with E-state index < -0.39 is 6.10 Å². The molecule has 0 saturated carbocycles. The lowest BCUT2D eigenvalue weighted by atomic mass is 10.0. The normalized spacial score (nSPS) is 12.4. The molecule has 0 saturated heterocycles. The first-order valence-corrected chi connectivity index (χ1v) is 6.03. The van der Waals surface area contributed by atoms with Crippen LogP contribution in [0.5, 0.6) is 5.75 Å². The van der Waals surface area contributed by atoms with Crippen molar-refractivity contribution >= 4 is 11.7 Å². The van der Waals surface area contributed by atoms with Crippen LogP contribution in [0.4, 0.5) is 0 Å². The van der Waals surface area contributed by atoms with Gasteiger partial charge in [0, 0.05) is 6.42 Å². The summed E-state index contributed by atoms with van der Waals surface area (Å²) in [6.45, 7) is 2.01. The predicted molar refractivity (Wildman–Crippen MR) is 66.3 cm³/mol. The Morgan fingerprint density at radius 3 is 2.94 bits per heavy atom. The number of hydrogen-bond acceptors (Lipinski definition) is 5. The Bertz CT molecular complexity index is 485. The molecule has 0 spiro atoms. The van der Waals surface area contributed by atoms with E-state index >= 15 is 0 Å². The molecule has 0 amide bonds. The van der Waals surface area contributed by atoms with Crippen LogP contribution in [0.15, 0.2) is 24.4 Å². The van der Waals surface area contributed by atoms with Gasteiger partial charge in [-0.2, -0.15) is 8.75 Å². The first-order chi connectivity index (χ1) is 8.20. The van der Waals surface area contributed by atoms with Crippen LogP contribution in [0.25, 0.3) is 0 Å². The van der Waals surface area contributed by atoms with Crippen LogP contribution in [0, 0.1) is 6.92 Å². The van der Waals surface area contributed by atoms with Gasteiger partial charge in [-0.3, -0.25) is 0 Å². The molecule has 1 atom stereocenters. The highest BCUT2D eigenvalue weighted by Crippen LogP contribution is 2.25. The summed E-state index contributed by atoms with van der Waals surface area (Å²) in [6, 6.07) is 5.91. The van der Waals surface area contributed by atoms with E-state index in [1.807, 2.05) is 25.1 Å². The number of aromatic nitrogens is 2. The van der Waals surface area contributed by atoms with Crippen molar-refractivity contribution in [1.82, 2.24) is 8.75 Å². The first-order valence-electron chi connectivity index (χ1n) is 5.29. The summed E-state index contributed by atoms with van der Waals surface area (Å²) in [5.41, 5.74) is 2.73. The predicted octanol–water partition coefficient (Wildman–Crippen LogP) is 2.13. The van der Waals surface area contributed by atoms with E-state index in [-0.39, 0.29) is 0 Å². The van der Waals surface area contributed by atoms with Crippen molar-refractivity contribution in [2.45, 2.75) is 19.4 Å². The van der Waals surface area contributed by atoms with Gasteiger partial charge in [-0.05, 0) is 18.6 Å². The zero-order chi connectivity index (χ0) is 12.3. The highest BCUT2D eigenvalue weighted by Gasteiger charge is 2.14. The van der Waals surface area contributed by atoms with E-state index in [4.69, 9.17) is 4.74 Å². The summed E-state index contributed by atoms with van der Waals surface area (Å²) in [6.07, 6.45) is 1.44. The molecule has 5 heteroatoms. The second kappa shape index (κ2) is 5.25. The van der Waals surface area contributed by atoms with Gasteiger partial charge in [0.25, 0.3) is 0 Å². The first kappa shape index (κ1) is 12.0. The summed E-state index contributed by atoms with van der Waals surface area (Å²) in [5.74, 6) is 0.790. The minimum Gasteiger partial charge on any atom is -0.496 e. The van der Waals surface area contributed by atoms with Gasteiger partial charge in [-0.1, -0.05) is 17.7 Å². The van der Waals surface area contributed by atoms with Gasteiger partial charge in [0.2, 0.25) is 0 Å². The summed E-state index contributed by atoms with van der Waals surface area (Å²) >= 11 is 1.10. The molecule has 0 bridgehead atoms. The average Bonchev–Trinajstić information content (AvgIpc) is 2.83. The topological polar surface area (TPSA) is 55.2 Å².